The number of hydrogen-bond donors (Lipinski definition) is 1. The zero-order valence-electron chi connectivity index (χ0n) is 6.05. The minimum atomic E-state index is 0.164. The Labute approximate surface area is 86.6 Å². The fraction of sp³-hybridized carbons (Fsp3) is 0.143. The van der Waals surface area contributed by atoms with Crippen molar-refractivity contribution < 1.29 is 0 Å². The third-order valence-electron chi connectivity index (χ3n) is 1.39. The Kier molecular flexibility index (Phi) is 3.22. The van der Waals surface area contributed by atoms with Crippen molar-refractivity contribution in [2.75, 3.05) is 5.73 Å². The van der Waals surface area contributed by atoms with Crippen molar-refractivity contribution in [2.45, 2.75) is 6.54 Å². The second-order valence-corrected chi connectivity index (χ2v) is 3.97. The highest BCUT2D eigenvalue weighted by Crippen LogP contribution is 2.29. The van der Waals surface area contributed by atoms with E-state index in [2.05, 4.69) is 37.0 Å². The first-order chi connectivity index (χ1) is 5.65. The minimum absolute atomic E-state index is 0.164. The molecule has 2 N–H and O–H groups in total. The number of nitroso groups, excluding NO2 is 1. The molecule has 1 aromatic carbocycles. The molecule has 0 aliphatic heterocycles. The molecule has 64 valence electrons. The Morgan fingerprint density at radius 1 is 1.33 bits per heavy atom. The van der Waals surface area contributed by atoms with E-state index in [0.29, 0.717) is 5.69 Å². The maximum Gasteiger partial charge on any atom is 0.106 e. The van der Waals surface area contributed by atoms with Crippen molar-refractivity contribution in [1.29, 1.82) is 0 Å². The summed E-state index contributed by atoms with van der Waals surface area (Å²) in [4.78, 5) is 9.97. The number of halogens is 2. The van der Waals surface area contributed by atoms with E-state index in [-0.39, 0.29) is 6.54 Å². The third-order valence-corrected chi connectivity index (χ3v) is 2.70. The van der Waals surface area contributed by atoms with Crippen LogP contribution < -0.4 is 5.73 Å². The minimum Gasteiger partial charge on any atom is -0.397 e. The van der Waals surface area contributed by atoms with E-state index >= 15 is 0 Å². The lowest BCUT2D eigenvalue weighted by Gasteiger charge is -2.03. The number of rotatable bonds is 2. The summed E-state index contributed by atoms with van der Waals surface area (Å²) < 4.78 is 1.55. The van der Waals surface area contributed by atoms with Crippen molar-refractivity contribution in [1.82, 2.24) is 0 Å². The van der Waals surface area contributed by atoms with Gasteiger partial charge in [0, 0.05) is 8.95 Å². The molecule has 0 atom stereocenters. The fourth-order valence-corrected chi connectivity index (χ4v) is 2.08. The Hall–Kier alpha value is -0.420. The molecule has 0 unspecified atom stereocenters. The molecule has 0 aliphatic rings. The molecule has 0 heterocycles. The summed E-state index contributed by atoms with van der Waals surface area (Å²) in [6.45, 7) is 0.164. The molecule has 0 aliphatic carbocycles. The number of benzene rings is 1. The van der Waals surface area contributed by atoms with Gasteiger partial charge in [-0.15, -0.1) is 0 Å². The molecule has 3 nitrogen and oxygen atoms in total. The van der Waals surface area contributed by atoms with Gasteiger partial charge >= 0.3 is 0 Å². The summed E-state index contributed by atoms with van der Waals surface area (Å²) >= 11 is 6.54. The van der Waals surface area contributed by atoms with E-state index in [1.54, 1.807) is 12.1 Å². The standard InChI is InChI=1S/C7H6Br2N2O/c8-5-1-4(3-11-12)2-6(9)7(5)10/h1-2H,3,10H2. The van der Waals surface area contributed by atoms with Crippen molar-refractivity contribution in [3.8, 4) is 0 Å². The molecule has 1 rings (SSSR count). The van der Waals surface area contributed by atoms with Crippen molar-refractivity contribution >= 4 is 37.5 Å². The van der Waals surface area contributed by atoms with Crippen LogP contribution in [-0.4, -0.2) is 0 Å². The van der Waals surface area contributed by atoms with E-state index in [0.717, 1.165) is 14.5 Å². The van der Waals surface area contributed by atoms with Crippen LogP contribution in [0.4, 0.5) is 5.69 Å². The van der Waals surface area contributed by atoms with Gasteiger partial charge in [-0.1, -0.05) is 5.18 Å². The molecule has 0 amide bonds. The number of hydrogen-bond acceptors (Lipinski definition) is 3. The van der Waals surface area contributed by atoms with Crippen molar-refractivity contribution in [2.24, 2.45) is 5.18 Å². The molecule has 0 spiro atoms. The molecule has 0 saturated carbocycles. The van der Waals surface area contributed by atoms with Gasteiger partial charge < -0.3 is 5.73 Å². The first-order valence-corrected chi connectivity index (χ1v) is 4.76. The van der Waals surface area contributed by atoms with Gasteiger partial charge in [-0.2, -0.15) is 4.91 Å². The highest BCUT2D eigenvalue weighted by Gasteiger charge is 2.03. The quantitative estimate of drug-likeness (QED) is 0.673. The largest absolute Gasteiger partial charge is 0.397 e. The van der Waals surface area contributed by atoms with Crippen LogP contribution in [0, 0.1) is 4.91 Å². The normalized spacial score (nSPS) is 9.83. The SMILES string of the molecule is Nc1c(Br)cc(CN=O)cc1Br. The highest BCUT2D eigenvalue weighted by molar-refractivity contribution is 9.11. The average Bonchev–Trinajstić information content (AvgIpc) is 2.01. The Morgan fingerprint density at radius 3 is 2.25 bits per heavy atom. The lowest BCUT2D eigenvalue weighted by atomic mass is 10.2. The average molecular weight is 294 g/mol. The lowest BCUT2D eigenvalue weighted by Crippen LogP contribution is -1.90. The molecule has 1 aromatic rings. The molecular formula is C7H6Br2N2O. The van der Waals surface area contributed by atoms with Gasteiger partial charge in [0.05, 0.1) is 5.69 Å². The van der Waals surface area contributed by atoms with Gasteiger partial charge in [0.1, 0.15) is 6.54 Å². The van der Waals surface area contributed by atoms with Gasteiger partial charge in [-0.05, 0) is 49.6 Å². The molecule has 0 aromatic heterocycles. The number of nitrogen functional groups attached to an aromatic ring is 1. The molecule has 12 heavy (non-hydrogen) atoms. The van der Waals surface area contributed by atoms with Gasteiger partial charge in [0.25, 0.3) is 0 Å². The van der Waals surface area contributed by atoms with Crippen LogP contribution in [-0.2, 0) is 6.54 Å². The molecular weight excluding hydrogens is 288 g/mol. The van der Waals surface area contributed by atoms with Gasteiger partial charge in [-0.25, -0.2) is 0 Å². The number of nitrogens with zero attached hydrogens (tertiary/aromatic N) is 1. The van der Waals surface area contributed by atoms with Crippen LogP contribution in [0.3, 0.4) is 0 Å². The van der Waals surface area contributed by atoms with E-state index in [1.807, 2.05) is 0 Å². The summed E-state index contributed by atoms with van der Waals surface area (Å²) in [5, 5.41) is 2.79. The third kappa shape index (κ3) is 2.04. The fourth-order valence-electron chi connectivity index (χ4n) is 0.803. The van der Waals surface area contributed by atoms with Gasteiger partial charge in [-0.3, -0.25) is 0 Å². The number of nitrogens with two attached hydrogens (primary N) is 1. The maximum atomic E-state index is 9.97. The van der Waals surface area contributed by atoms with Crippen LogP contribution >= 0.6 is 31.9 Å². The van der Waals surface area contributed by atoms with Crippen LogP contribution in [0.1, 0.15) is 5.56 Å². The monoisotopic (exact) mass is 292 g/mol. The summed E-state index contributed by atoms with van der Waals surface area (Å²) in [7, 11) is 0. The Bertz CT molecular complexity index is 291. The Morgan fingerprint density at radius 2 is 1.83 bits per heavy atom. The van der Waals surface area contributed by atoms with Crippen LogP contribution in [0.5, 0.6) is 0 Å². The van der Waals surface area contributed by atoms with E-state index < -0.39 is 0 Å². The lowest BCUT2D eigenvalue weighted by molar-refractivity contribution is 1.05. The Balaban J connectivity index is 3.11. The topological polar surface area (TPSA) is 55.4 Å². The second kappa shape index (κ2) is 4.00. The molecule has 5 heteroatoms. The zero-order valence-corrected chi connectivity index (χ0v) is 9.22. The van der Waals surface area contributed by atoms with Crippen LogP contribution in [0.15, 0.2) is 26.3 Å². The predicted molar refractivity (Wildman–Crippen MR) is 55.8 cm³/mol. The predicted octanol–water partition coefficient (Wildman–Crippen LogP) is 3.06. The first-order valence-electron chi connectivity index (χ1n) is 3.17. The van der Waals surface area contributed by atoms with Gasteiger partial charge in [0.2, 0.25) is 0 Å². The number of anilines is 1. The van der Waals surface area contributed by atoms with Crippen molar-refractivity contribution in [3.63, 3.8) is 0 Å². The molecule has 0 bridgehead atoms. The van der Waals surface area contributed by atoms with Crippen LogP contribution in [0.25, 0.3) is 0 Å². The van der Waals surface area contributed by atoms with Gasteiger partial charge in [0.15, 0.2) is 0 Å². The summed E-state index contributed by atoms with van der Waals surface area (Å²) in [6.07, 6.45) is 0. The zero-order chi connectivity index (χ0) is 9.14. The summed E-state index contributed by atoms with van der Waals surface area (Å²) in [5.74, 6) is 0. The second-order valence-electron chi connectivity index (χ2n) is 2.26. The smallest absolute Gasteiger partial charge is 0.106 e. The summed E-state index contributed by atoms with van der Waals surface area (Å²) in [6, 6.07) is 3.56. The first kappa shape index (κ1) is 9.67. The van der Waals surface area contributed by atoms with E-state index in [4.69, 9.17) is 5.73 Å². The molecule has 0 radical (unpaired) electrons. The van der Waals surface area contributed by atoms with Crippen LogP contribution in [0.2, 0.25) is 0 Å². The van der Waals surface area contributed by atoms with E-state index in [1.165, 1.54) is 0 Å². The van der Waals surface area contributed by atoms with E-state index in [9.17, 15) is 4.91 Å². The molecule has 0 saturated heterocycles. The van der Waals surface area contributed by atoms with Crippen molar-refractivity contribution in [3.05, 3.63) is 31.5 Å². The summed E-state index contributed by atoms with van der Waals surface area (Å²) in [5.41, 5.74) is 7.11. The highest BCUT2D eigenvalue weighted by atomic mass is 79.9. The maximum absolute atomic E-state index is 9.97. The molecule has 0 fully saturated rings.